The Morgan fingerprint density at radius 3 is 2.72 bits per heavy atom. The zero-order valence-corrected chi connectivity index (χ0v) is 11.2. The first-order valence-electron chi connectivity index (χ1n) is 6.17. The Labute approximate surface area is 108 Å². The molecule has 0 saturated carbocycles. The van der Waals surface area contributed by atoms with Gasteiger partial charge >= 0.3 is 0 Å². The Hall–Kier alpha value is -1.39. The van der Waals surface area contributed by atoms with Crippen molar-refractivity contribution in [1.82, 2.24) is 10.2 Å². The second kappa shape index (κ2) is 4.71. The van der Waals surface area contributed by atoms with Crippen LogP contribution in [0.3, 0.4) is 0 Å². The Morgan fingerprint density at radius 1 is 1.39 bits per heavy atom. The highest BCUT2D eigenvalue weighted by molar-refractivity contribution is 5.94. The van der Waals surface area contributed by atoms with E-state index in [2.05, 4.69) is 5.32 Å². The van der Waals surface area contributed by atoms with Crippen LogP contribution in [0.5, 0.6) is 0 Å². The van der Waals surface area contributed by atoms with Gasteiger partial charge in [0.25, 0.3) is 5.91 Å². The van der Waals surface area contributed by atoms with Gasteiger partial charge in [-0.3, -0.25) is 4.79 Å². The minimum absolute atomic E-state index is 0.0492. The smallest absolute Gasteiger partial charge is 0.253 e. The number of carbonyl (C=O) groups is 1. The summed E-state index contributed by atoms with van der Waals surface area (Å²) >= 11 is 0. The third-order valence-electron chi connectivity index (χ3n) is 3.05. The number of fused-ring (bicyclic) bond motifs is 1. The first-order chi connectivity index (χ1) is 8.37. The lowest BCUT2D eigenvalue weighted by Crippen LogP contribution is -2.39. The average molecular weight is 248 g/mol. The maximum atomic E-state index is 12.2. The van der Waals surface area contributed by atoms with Gasteiger partial charge in [0.15, 0.2) is 0 Å². The Kier molecular flexibility index (Phi) is 3.41. The summed E-state index contributed by atoms with van der Waals surface area (Å²) in [7, 11) is 1.71. The summed E-state index contributed by atoms with van der Waals surface area (Å²) in [6.45, 7) is 5.42. The summed E-state index contributed by atoms with van der Waals surface area (Å²) in [5, 5.41) is 13.0. The SMILES string of the molecule is CN(CC(C)(C)O)C(=O)c1ccc2c(c1)CNC2. The zero-order valence-electron chi connectivity index (χ0n) is 11.2. The van der Waals surface area contributed by atoms with Gasteiger partial charge in [0.05, 0.1) is 5.60 Å². The molecule has 1 amide bonds. The first-order valence-corrected chi connectivity index (χ1v) is 6.17. The normalized spacial score (nSPS) is 14.4. The summed E-state index contributed by atoms with van der Waals surface area (Å²) in [5.74, 6) is -0.0492. The molecule has 0 fully saturated rings. The molecular weight excluding hydrogens is 228 g/mol. The summed E-state index contributed by atoms with van der Waals surface area (Å²) in [5.41, 5.74) is 2.27. The molecule has 0 aromatic heterocycles. The highest BCUT2D eigenvalue weighted by atomic mass is 16.3. The Balaban J connectivity index is 2.14. The average Bonchev–Trinajstić information content (AvgIpc) is 2.72. The van der Waals surface area contributed by atoms with Crippen LogP contribution in [-0.4, -0.2) is 35.1 Å². The fraction of sp³-hybridized carbons (Fsp3) is 0.500. The molecule has 1 aromatic rings. The summed E-state index contributed by atoms with van der Waals surface area (Å²) in [6, 6.07) is 5.80. The van der Waals surface area contributed by atoms with E-state index < -0.39 is 5.60 Å². The number of carbonyl (C=O) groups excluding carboxylic acids is 1. The third kappa shape index (κ3) is 2.89. The summed E-state index contributed by atoms with van der Waals surface area (Å²) in [6.07, 6.45) is 0. The van der Waals surface area contributed by atoms with E-state index in [1.54, 1.807) is 25.8 Å². The quantitative estimate of drug-likeness (QED) is 0.843. The molecule has 0 atom stereocenters. The van der Waals surface area contributed by atoms with Crippen molar-refractivity contribution in [3.8, 4) is 0 Å². The molecule has 1 heterocycles. The van der Waals surface area contributed by atoms with Gasteiger partial charge in [0.1, 0.15) is 0 Å². The maximum Gasteiger partial charge on any atom is 0.253 e. The molecule has 1 aliphatic rings. The standard InChI is InChI=1S/C14H20N2O2/c1-14(2,18)9-16(3)13(17)10-4-5-11-7-15-8-12(11)6-10/h4-6,15,18H,7-9H2,1-3H3. The molecule has 0 unspecified atom stereocenters. The van der Waals surface area contributed by atoms with E-state index in [1.165, 1.54) is 11.1 Å². The second-order valence-electron chi connectivity index (χ2n) is 5.56. The molecule has 18 heavy (non-hydrogen) atoms. The highest BCUT2D eigenvalue weighted by Crippen LogP contribution is 2.18. The largest absolute Gasteiger partial charge is 0.389 e. The number of rotatable bonds is 3. The van der Waals surface area contributed by atoms with Gasteiger partial charge in [-0.1, -0.05) is 6.07 Å². The first kappa shape index (κ1) is 13.1. The van der Waals surface area contributed by atoms with Crippen LogP contribution in [-0.2, 0) is 13.1 Å². The molecule has 2 rings (SSSR count). The van der Waals surface area contributed by atoms with Crippen LogP contribution < -0.4 is 5.32 Å². The monoisotopic (exact) mass is 248 g/mol. The van der Waals surface area contributed by atoms with Crippen LogP contribution in [0, 0.1) is 0 Å². The van der Waals surface area contributed by atoms with E-state index in [0.717, 1.165) is 13.1 Å². The third-order valence-corrected chi connectivity index (χ3v) is 3.05. The molecule has 0 bridgehead atoms. The minimum Gasteiger partial charge on any atom is -0.389 e. The van der Waals surface area contributed by atoms with Crippen LogP contribution in [0.15, 0.2) is 18.2 Å². The molecule has 4 heteroatoms. The lowest BCUT2D eigenvalue weighted by molar-refractivity contribution is 0.0368. The van der Waals surface area contributed by atoms with Crippen molar-refractivity contribution < 1.29 is 9.90 Å². The molecule has 4 nitrogen and oxygen atoms in total. The van der Waals surface area contributed by atoms with Crippen molar-refractivity contribution in [2.45, 2.75) is 32.5 Å². The second-order valence-corrected chi connectivity index (χ2v) is 5.56. The van der Waals surface area contributed by atoms with Crippen molar-refractivity contribution in [3.63, 3.8) is 0 Å². The lowest BCUT2D eigenvalue weighted by atomic mass is 10.0. The van der Waals surface area contributed by atoms with Gasteiger partial charge in [-0.05, 0) is 37.1 Å². The molecule has 0 aliphatic carbocycles. The maximum absolute atomic E-state index is 12.2. The van der Waals surface area contributed by atoms with Gasteiger partial charge in [0, 0.05) is 32.2 Å². The van der Waals surface area contributed by atoms with Crippen molar-refractivity contribution >= 4 is 5.91 Å². The lowest BCUT2D eigenvalue weighted by Gasteiger charge is -2.25. The number of nitrogens with zero attached hydrogens (tertiary/aromatic N) is 1. The molecule has 1 aromatic carbocycles. The van der Waals surface area contributed by atoms with E-state index in [4.69, 9.17) is 0 Å². The van der Waals surface area contributed by atoms with Crippen LogP contribution >= 0.6 is 0 Å². The Morgan fingerprint density at radius 2 is 2.06 bits per heavy atom. The van der Waals surface area contributed by atoms with Crippen molar-refractivity contribution in [2.24, 2.45) is 0 Å². The van der Waals surface area contributed by atoms with Gasteiger partial charge in [0.2, 0.25) is 0 Å². The minimum atomic E-state index is -0.872. The molecule has 0 saturated heterocycles. The Bertz CT molecular complexity index is 463. The van der Waals surface area contributed by atoms with Crippen molar-refractivity contribution in [2.75, 3.05) is 13.6 Å². The van der Waals surface area contributed by atoms with Crippen LogP contribution in [0.4, 0.5) is 0 Å². The van der Waals surface area contributed by atoms with Gasteiger partial charge in [-0.2, -0.15) is 0 Å². The number of nitrogens with one attached hydrogen (secondary N) is 1. The molecule has 1 aliphatic heterocycles. The van der Waals surface area contributed by atoms with E-state index in [-0.39, 0.29) is 5.91 Å². The van der Waals surface area contributed by atoms with Crippen LogP contribution in [0.1, 0.15) is 35.3 Å². The van der Waals surface area contributed by atoms with E-state index >= 15 is 0 Å². The number of aliphatic hydroxyl groups is 1. The number of amides is 1. The predicted octanol–water partition coefficient (Wildman–Crippen LogP) is 1.13. The molecule has 2 N–H and O–H groups in total. The van der Waals surface area contributed by atoms with E-state index in [0.29, 0.717) is 12.1 Å². The fourth-order valence-electron chi connectivity index (χ4n) is 2.30. The predicted molar refractivity (Wildman–Crippen MR) is 70.2 cm³/mol. The van der Waals surface area contributed by atoms with E-state index in [9.17, 15) is 9.90 Å². The summed E-state index contributed by atoms with van der Waals surface area (Å²) < 4.78 is 0. The number of hydrogen-bond acceptors (Lipinski definition) is 3. The topological polar surface area (TPSA) is 52.6 Å². The molecule has 0 spiro atoms. The van der Waals surface area contributed by atoms with Gasteiger partial charge < -0.3 is 15.3 Å². The molecule has 98 valence electrons. The van der Waals surface area contributed by atoms with Crippen LogP contribution in [0.2, 0.25) is 0 Å². The van der Waals surface area contributed by atoms with Crippen LogP contribution in [0.25, 0.3) is 0 Å². The van der Waals surface area contributed by atoms with Crippen molar-refractivity contribution in [3.05, 3.63) is 34.9 Å². The number of hydrogen-bond donors (Lipinski definition) is 2. The van der Waals surface area contributed by atoms with Gasteiger partial charge in [-0.15, -0.1) is 0 Å². The summed E-state index contributed by atoms with van der Waals surface area (Å²) in [4.78, 5) is 13.8. The fourth-order valence-corrected chi connectivity index (χ4v) is 2.30. The van der Waals surface area contributed by atoms with Gasteiger partial charge in [-0.25, -0.2) is 0 Å². The number of likely N-dealkylation sites (N-methyl/N-ethyl adjacent to an activating group) is 1. The highest BCUT2D eigenvalue weighted by Gasteiger charge is 2.21. The zero-order chi connectivity index (χ0) is 13.3. The number of benzene rings is 1. The van der Waals surface area contributed by atoms with E-state index in [1.807, 2.05) is 18.2 Å². The molecular formula is C14H20N2O2. The van der Waals surface area contributed by atoms with Crippen molar-refractivity contribution in [1.29, 1.82) is 0 Å². The molecule has 0 radical (unpaired) electrons.